The van der Waals surface area contributed by atoms with Crippen molar-refractivity contribution < 1.29 is 9.59 Å². The van der Waals surface area contributed by atoms with Crippen LogP contribution in [0.5, 0.6) is 0 Å². The minimum Gasteiger partial charge on any atom is -0.376 e. The molecule has 4 nitrogen and oxygen atoms in total. The van der Waals surface area contributed by atoms with Crippen molar-refractivity contribution >= 4 is 46.3 Å². The highest BCUT2D eigenvalue weighted by Crippen LogP contribution is 2.24. The van der Waals surface area contributed by atoms with Crippen LogP contribution in [-0.2, 0) is 4.79 Å². The lowest BCUT2D eigenvalue weighted by molar-refractivity contribution is -0.114. The number of para-hydroxylation sites is 1. The van der Waals surface area contributed by atoms with Crippen molar-refractivity contribution in [2.24, 2.45) is 0 Å². The molecule has 0 fully saturated rings. The number of amides is 1. The van der Waals surface area contributed by atoms with E-state index in [0.29, 0.717) is 27.0 Å². The second-order valence-electron chi connectivity index (χ2n) is 4.63. The Balaban J connectivity index is 1.99. The third-order valence-corrected chi connectivity index (χ3v) is 3.69. The summed E-state index contributed by atoms with van der Waals surface area (Å²) in [5.41, 5.74) is 1.66. The Morgan fingerprint density at radius 2 is 1.77 bits per heavy atom. The van der Waals surface area contributed by atoms with E-state index < -0.39 is 0 Å². The molecular weight excluding hydrogens is 323 g/mol. The summed E-state index contributed by atoms with van der Waals surface area (Å²) in [4.78, 5) is 23.5. The predicted octanol–water partition coefficient (Wildman–Crippen LogP) is 4.25. The minimum atomic E-state index is -0.264. The smallest absolute Gasteiger partial charge is 0.243 e. The van der Waals surface area contributed by atoms with Crippen LogP contribution in [0.25, 0.3) is 0 Å². The van der Waals surface area contributed by atoms with Gasteiger partial charge in [0.25, 0.3) is 0 Å². The van der Waals surface area contributed by atoms with E-state index in [-0.39, 0.29) is 18.2 Å². The topological polar surface area (TPSA) is 58.2 Å². The van der Waals surface area contributed by atoms with Gasteiger partial charge in [0.15, 0.2) is 5.78 Å². The normalized spacial score (nSPS) is 10.1. The van der Waals surface area contributed by atoms with Crippen LogP contribution in [0.15, 0.2) is 42.5 Å². The first-order valence-electron chi connectivity index (χ1n) is 6.56. The lowest BCUT2D eigenvalue weighted by Gasteiger charge is -2.10. The summed E-state index contributed by atoms with van der Waals surface area (Å²) in [5, 5.41) is 6.51. The summed E-state index contributed by atoms with van der Waals surface area (Å²) < 4.78 is 0. The number of carbonyl (C=O) groups excluding carboxylic acids is 2. The van der Waals surface area contributed by atoms with Gasteiger partial charge in [-0.2, -0.15) is 0 Å². The van der Waals surface area contributed by atoms with E-state index in [2.05, 4.69) is 10.6 Å². The highest BCUT2D eigenvalue weighted by Gasteiger charge is 2.09. The Labute approximate surface area is 138 Å². The number of nitrogens with one attached hydrogen (secondary N) is 2. The summed E-state index contributed by atoms with van der Waals surface area (Å²) >= 11 is 11.7. The molecule has 2 N–H and O–H groups in total. The van der Waals surface area contributed by atoms with E-state index in [1.807, 2.05) is 0 Å². The van der Waals surface area contributed by atoms with E-state index in [1.165, 1.54) is 6.92 Å². The largest absolute Gasteiger partial charge is 0.376 e. The zero-order chi connectivity index (χ0) is 16.1. The van der Waals surface area contributed by atoms with Gasteiger partial charge in [-0.3, -0.25) is 9.59 Å². The molecule has 0 aliphatic carbocycles. The molecule has 0 saturated heterocycles. The third kappa shape index (κ3) is 4.23. The van der Waals surface area contributed by atoms with Crippen LogP contribution in [0.3, 0.4) is 0 Å². The fraction of sp³-hybridized carbons (Fsp3) is 0.125. The molecule has 0 aromatic heterocycles. The number of rotatable bonds is 5. The molecular formula is C16H14Cl2N2O2. The van der Waals surface area contributed by atoms with Gasteiger partial charge in [0.1, 0.15) is 0 Å². The van der Waals surface area contributed by atoms with Crippen molar-refractivity contribution in [3.8, 4) is 0 Å². The molecule has 0 radical (unpaired) electrons. The summed E-state index contributed by atoms with van der Waals surface area (Å²) in [6.45, 7) is 1.50. The maximum absolute atomic E-state index is 12.0. The number of halogens is 2. The van der Waals surface area contributed by atoms with Crippen molar-refractivity contribution in [3.63, 3.8) is 0 Å². The van der Waals surface area contributed by atoms with Gasteiger partial charge in [-0.05, 0) is 37.3 Å². The molecule has 0 aliphatic rings. The molecule has 2 aromatic carbocycles. The summed E-state index contributed by atoms with van der Waals surface area (Å²) in [7, 11) is 0. The molecule has 1 amide bonds. The van der Waals surface area contributed by atoms with Gasteiger partial charge in [-0.15, -0.1) is 0 Å². The van der Waals surface area contributed by atoms with Gasteiger partial charge in [0.05, 0.1) is 22.3 Å². The first-order chi connectivity index (χ1) is 10.5. The Kier molecular flexibility index (Phi) is 5.41. The van der Waals surface area contributed by atoms with E-state index in [0.717, 1.165) is 0 Å². The van der Waals surface area contributed by atoms with Gasteiger partial charge in [0.2, 0.25) is 5.91 Å². The molecule has 2 aromatic rings. The van der Waals surface area contributed by atoms with E-state index in [9.17, 15) is 9.59 Å². The van der Waals surface area contributed by atoms with Gasteiger partial charge < -0.3 is 10.6 Å². The molecule has 2 rings (SSSR count). The second-order valence-corrected chi connectivity index (χ2v) is 5.45. The fourth-order valence-electron chi connectivity index (χ4n) is 1.88. The monoisotopic (exact) mass is 336 g/mol. The van der Waals surface area contributed by atoms with Gasteiger partial charge in [0, 0.05) is 11.3 Å². The molecule has 22 heavy (non-hydrogen) atoms. The van der Waals surface area contributed by atoms with Crippen molar-refractivity contribution in [1.82, 2.24) is 0 Å². The highest BCUT2D eigenvalue weighted by molar-refractivity contribution is 6.42. The lowest BCUT2D eigenvalue weighted by atomic mass is 10.1. The van der Waals surface area contributed by atoms with Crippen molar-refractivity contribution in [2.45, 2.75) is 6.92 Å². The quantitative estimate of drug-likeness (QED) is 0.802. The maximum atomic E-state index is 12.0. The molecule has 0 aliphatic heterocycles. The Bertz CT molecular complexity index is 717. The lowest BCUT2D eigenvalue weighted by Crippen LogP contribution is -2.22. The Hall–Kier alpha value is -2.04. The Morgan fingerprint density at radius 1 is 1.05 bits per heavy atom. The highest BCUT2D eigenvalue weighted by atomic mass is 35.5. The molecule has 114 valence electrons. The van der Waals surface area contributed by atoms with Crippen molar-refractivity contribution in [2.75, 3.05) is 17.2 Å². The van der Waals surface area contributed by atoms with Crippen LogP contribution >= 0.6 is 23.2 Å². The van der Waals surface area contributed by atoms with Crippen LogP contribution in [-0.4, -0.2) is 18.2 Å². The summed E-state index contributed by atoms with van der Waals surface area (Å²) in [6, 6.07) is 11.9. The van der Waals surface area contributed by atoms with Gasteiger partial charge in [-0.25, -0.2) is 0 Å². The van der Waals surface area contributed by atoms with E-state index in [4.69, 9.17) is 23.2 Å². The first kappa shape index (κ1) is 16.3. The molecule has 0 saturated carbocycles. The van der Waals surface area contributed by atoms with Gasteiger partial charge >= 0.3 is 0 Å². The van der Waals surface area contributed by atoms with Crippen LogP contribution in [0.2, 0.25) is 10.0 Å². The number of ketones is 1. The number of anilines is 2. The SMILES string of the molecule is CC(=O)c1ccccc1NC(=O)CNc1ccc(Cl)c(Cl)c1. The van der Waals surface area contributed by atoms with E-state index in [1.54, 1.807) is 42.5 Å². The fourth-order valence-corrected chi connectivity index (χ4v) is 2.18. The van der Waals surface area contributed by atoms with Gasteiger partial charge in [-0.1, -0.05) is 35.3 Å². The standard InChI is InChI=1S/C16H14Cl2N2O2/c1-10(21)12-4-2-3-5-15(12)20-16(22)9-19-11-6-7-13(17)14(18)8-11/h2-8,19H,9H2,1H3,(H,20,22). The number of hydrogen-bond acceptors (Lipinski definition) is 3. The third-order valence-electron chi connectivity index (χ3n) is 2.95. The van der Waals surface area contributed by atoms with Crippen LogP contribution < -0.4 is 10.6 Å². The molecule has 0 spiro atoms. The molecule has 0 unspecified atom stereocenters. The van der Waals surface area contributed by atoms with Crippen molar-refractivity contribution in [1.29, 1.82) is 0 Å². The summed E-state index contributed by atoms with van der Waals surface area (Å²) in [5.74, 6) is -0.367. The molecule has 0 bridgehead atoms. The maximum Gasteiger partial charge on any atom is 0.243 e. The first-order valence-corrected chi connectivity index (χ1v) is 7.31. The zero-order valence-corrected chi connectivity index (χ0v) is 13.3. The average molecular weight is 337 g/mol. The number of Topliss-reactive ketones (excluding diaryl/α,β-unsaturated/α-hetero) is 1. The second kappa shape index (κ2) is 7.29. The predicted molar refractivity (Wildman–Crippen MR) is 90.0 cm³/mol. The molecule has 6 heteroatoms. The Morgan fingerprint density at radius 3 is 2.45 bits per heavy atom. The zero-order valence-electron chi connectivity index (χ0n) is 11.8. The van der Waals surface area contributed by atoms with Crippen LogP contribution in [0, 0.1) is 0 Å². The van der Waals surface area contributed by atoms with Crippen molar-refractivity contribution in [3.05, 3.63) is 58.1 Å². The minimum absolute atomic E-state index is 0.0458. The molecule has 0 atom stereocenters. The number of benzene rings is 2. The number of carbonyl (C=O) groups is 2. The average Bonchev–Trinajstić information content (AvgIpc) is 2.49. The van der Waals surface area contributed by atoms with Crippen LogP contribution in [0.4, 0.5) is 11.4 Å². The summed E-state index contributed by atoms with van der Waals surface area (Å²) in [6.07, 6.45) is 0. The molecule has 0 heterocycles. The van der Waals surface area contributed by atoms with E-state index >= 15 is 0 Å². The number of hydrogen-bond donors (Lipinski definition) is 2. The van der Waals surface area contributed by atoms with Crippen LogP contribution in [0.1, 0.15) is 17.3 Å².